The van der Waals surface area contributed by atoms with Crippen molar-refractivity contribution in [3.63, 3.8) is 0 Å². The summed E-state index contributed by atoms with van der Waals surface area (Å²) in [6, 6.07) is 8.35. The molecule has 6 heteroatoms. The van der Waals surface area contributed by atoms with Crippen LogP contribution in [0.2, 0.25) is 0 Å². The van der Waals surface area contributed by atoms with Gasteiger partial charge < -0.3 is 14.5 Å². The van der Waals surface area contributed by atoms with Crippen molar-refractivity contribution in [2.24, 2.45) is 0 Å². The second-order valence-electron chi connectivity index (χ2n) is 6.47. The van der Waals surface area contributed by atoms with E-state index in [4.69, 9.17) is 14.7 Å². The summed E-state index contributed by atoms with van der Waals surface area (Å²) in [5.41, 5.74) is 3.15. The van der Waals surface area contributed by atoms with Crippen LogP contribution < -0.4 is 9.80 Å². The molecule has 2 rings (SSSR count). The molecule has 0 amide bonds. The smallest absolute Gasteiger partial charge is 0.310 e. The molecule has 0 atom stereocenters. The number of ether oxygens (including phenoxy) is 1. The molecule has 1 aromatic carbocycles. The molecule has 0 unspecified atom stereocenters. The lowest BCUT2D eigenvalue weighted by Crippen LogP contribution is -2.23. The fraction of sp³-hybridized carbons (Fsp3) is 0.421. The molecule has 0 N–H and O–H groups in total. The molecular formula is C19H26N4O2. The third kappa shape index (κ3) is 4.68. The van der Waals surface area contributed by atoms with E-state index in [1.165, 1.54) is 12.7 Å². The Labute approximate surface area is 149 Å². The van der Waals surface area contributed by atoms with Gasteiger partial charge in [-0.1, -0.05) is 29.8 Å². The van der Waals surface area contributed by atoms with Gasteiger partial charge in [-0.25, -0.2) is 9.97 Å². The van der Waals surface area contributed by atoms with E-state index in [0.29, 0.717) is 6.42 Å². The predicted molar refractivity (Wildman–Crippen MR) is 100 cm³/mol. The Hall–Kier alpha value is -2.63. The lowest BCUT2D eigenvalue weighted by atomic mass is 10.1. The van der Waals surface area contributed by atoms with Gasteiger partial charge in [0.25, 0.3) is 0 Å². The maximum Gasteiger partial charge on any atom is 0.310 e. The van der Waals surface area contributed by atoms with Crippen LogP contribution in [0.25, 0.3) is 0 Å². The molecule has 0 aliphatic rings. The molecule has 0 saturated carbocycles. The second kappa shape index (κ2) is 7.96. The average molecular weight is 342 g/mol. The van der Waals surface area contributed by atoms with Gasteiger partial charge in [0.2, 0.25) is 0 Å². The number of anilines is 2. The van der Waals surface area contributed by atoms with E-state index in [1.807, 2.05) is 38.0 Å². The normalized spacial score (nSPS) is 10.5. The van der Waals surface area contributed by atoms with Crippen molar-refractivity contribution in [1.29, 1.82) is 0 Å². The van der Waals surface area contributed by atoms with Crippen LogP contribution in [0.4, 0.5) is 11.6 Å². The number of hydrogen-bond acceptors (Lipinski definition) is 6. The molecule has 25 heavy (non-hydrogen) atoms. The van der Waals surface area contributed by atoms with Crippen LogP contribution in [-0.4, -0.2) is 51.2 Å². The summed E-state index contributed by atoms with van der Waals surface area (Å²) < 4.78 is 4.83. The van der Waals surface area contributed by atoms with E-state index in [0.717, 1.165) is 28.6 Å². The molecule has 2 aromatic rings. The van der Waals surface area contributed by atoms with Gasteiger partial charge in [0, 0.05) is 40.2 Å². The van der Waals surface area contributed by atoms with Crippen molar-refractivity contribution < 1.29 is 9.53 Å². The molecule has 0 aliphatic heterocycles. The summed E-state index contributed by atoms with van der Waals surface area (Å²) in [7, 11) is 9.05. The molecule has 1 heterocycles. The number of rotatable bonds is 6. The third-order valence-corrected chi connectivity index (χ3v) is 3.89. The Kier molecular flexibility index (Phi) is 5.96. The molecule has 1 aromatic heterocycles. The number of hydrogen-bond donors (Lipinski definition) is 0. The number of aromatic nitrogens is 2. The first-order valence-corrected chi connectivity index (χ1v) is 8.18. The molecular weight excluding hydrogens is 316 g/mol. The lowest BCUT2D eigenvalue weighted by Gasteiger charge is -2.23. The van der Waals surface area contributed by atoms with Gasteiger partial charge in [0.1, 0.15) is 17.5 Å². The second-order valence-corrected chi connectivity index (χ2v) is 6.47. The zero-order valence-corrected chi connectivity index (χ0v) is 15.8. The number of carbonyl (C=O) groups excluding carboxylic acids is 1. The fourth-order valence-corrected chi connectivity index (χ4v) is 2.59. The molecule has 0 saturated heterocycles. The number of esters is 1. The Bertz CT molecular complexity index is 711. The van der Waals surface area contributed by atoms with Gasteiger partial charge in [0.15, 0.2) is 0 Å². The average Bonchev–Trinajstić information content (AvgIpc) is 2.57. The first-order chi connectivity index (χ1) is 11.8. The summed E-state index contributed by atoms with van der Waals surface area (Å²) in [5.74, 6) is 1.91. The summed E-state index contributed by atoms with van der Waals surface area (Å²) in [6.07, 6.45) is 0.781. The Morgan fingerprint density at radius 3 is 1.96 bits per heavy atom. The minimum Gasteiger partial charge on any atom is -0.469 e. The highest BCUT2D eigenvalue weighted by molar-refractivity contribution is 5.77. The van der Waals surface area contributed by atoms with E-state index in [2.05, 4.69) is 31.2 Å². The van der Waals surface area contributed by atoms with Crippen LogP contribution in [0.3, 0.4) is 0 Å². The maximum absolute atomic E-state index is 11.8. The number of benzene rings is 1. The van der Waals surface area contributed by atoms with E-state index < -0.39 is 0 Å². The predicted octanol–water partition coefficient (Wildman–Crippen LogP) is 2.22. The Balaban J connectivity index is 2.48. The largest absolute Gasteiger partial charge is 0.469 e. The van der Waals surface area contributed by atoms with Gasteiger partial charge >= 0.3 is 5.97 Å². The monoisotopic (exact) mass is 342 g/mol. The number of aryl methyl sites for hydroxylation is 1. The summed E-state index contributed by atoms with van der Waals surface area (Å²) in [4.78, 5) is 25.0. The SMILES string of the molecule is COC(=O)Cc1c(N(C)C)nc(Cc2ccc(C)cc2)nc1N(C)C. The van der Waals surface area contributed by atoms with Crippen LogP contribution in [0.1, 0.15) is 22.5 Å². The van der Waals surface area contributed by atoms with Gasteiger partial charge in [-0.05, 0) is 12.5 Å². The topological polar surface area (TPSA) is 58.6 Å². The van der Waals surface area contributed by atoms with E-state index in [-0.39, 0.29) is 12.4 Å². The first kappa shape index (κ1) is 18.7. The van der Waals surface area contributed by atoms with Crippen LogP contribution in [0.15, 0.2) is 24.3 Å². The quantitative estimate of drug-likeness (QED) is 0.750. The summed E-state index contributed by atoms with van der Waals surface area (Å²) in [6.45, 7) is 2.07. The van der Waals surface area contributed by atoms with Gasteiger partial charge in [-0.15, -0.1) is 0 Å². The van der Waals surface area contributed by atoms with E-state index in [9.17, 15) is 4.79 Å². The van der Waals surface area contributed by atoms with Gasteiger partial charge in [0.05, 0.1) is 13.5 Å². The van der Waals surface area contributed by atoms with Crippen molar-refractivity contribution in [1.82, 2.24) is 9.97 Å². The summed E-state index contributed by atoms with van der Waals surface area (Å²) in [5, 5.41) is 0. The molecule has 0 spiro atoms. The van der Waals surface area contributed by atoms with Crippen molar-refractivity contribution >= 4 is 17.6 Å². The summed E-state index contributed by atoms with van der Waals surface area (Å²) >= 11 is 0. The minimum atomic E-state index is -0.305. The maximum atomic E-state index is 11.8. The highest BCUT2D eigenvalue weighted by Crippen LogP contribution is 2.27. The Morgan fingerprint density at radius 1 is 1.00 bits per heavy atom. The standard InChI is InChI=1S/C19H26N4O2/c1-13-7-9-14(10-8-13)11-16-20-18(22(2)3)15(12-17(24)25-6)19(21-16)23(4)5/h7-10H,11-12H2,1-6H3. The minimum absolute atomic E-state index is 0.141. The zero-order valence-electron chi connectivity index (χ0n) is 15.8. The molecule has 0 fully saturated rings. The van der Waals surface area contributed by atoms with Crippen LogP contribution in [0, 0.1) is 6.92 Å². The van der Waals surface area contributed by atoms with Gasteiger partial charge in [-0.2, -0.15) is 0 Å². The van der Waals surface area contributed by atoms with E-state index >= 15 is 0 Å². The number of methoxy groups -OCH3 is 1. The fourth-order valence-electron chi connectivity index (χ4n) is 2.59. The molecule has 0 bridgehead atoms. The molecule has 6 nitrogen and oxygen atoms in total. The van der Waals surface area contributed by atoms with Crippen LogP contribution >= 0.6 is 0 Å². The van der Waals surface area contributed by atoms with E-state index in [1.54, 1.807) is 0 Å². The highest BCUT2D eigenvalue weighted by atomic mass is 16.5. The number of nitrogens with zero attached hydrogens (tertiary/aromatic N) is 4. The first-order valence-electron chi connectivity index (χ1n) is 8.18. The van der Waals surface area contributed by atoms with Crippen molar-refractivity contribution in [3.8, 4) is 0 Å². The number of carbonyl (C=O) groups is 1. The Morgan fingerprint density at radius 2 is 1.52 bits per heavy atom. The van der Waals surface area contributed by atoms with Crippen LogP contribution in [-0.2, 0) is 22.4 Å². The highest BCUT2D eigenvalue weighted by Gasteiger charge is 2.20. The van der Waals surface area contributed by atoms with Crippen molar-refractivity contribution in [2.75, 3.05) is 45.1 Å². The van der Waals surface area contributed by atoms with Crippen molar-refractivity contribution in [3.05, 3.63) is 46.8 Å². The van der Waals surface area contributed by atoms with Gasteiger partial charge in [-0.3, -0.25) is 4.79 Å². The van der Waals surface area contributed by atoms with Crippen LogP contribution in [0.5, 0.6) is 0 Å². The molecule has 0 aliphatic carbocycles. The zero-order chi connectivity index (χ0) is 18.6. The lowest BCUT2D eigenvalue weighted by molar-refractivity contribution is -0.139. The molecule has 134 valence electrons. The molecule has 0 radical (unpaired) electrons. The third-order valence-electron chi connectivity index (χ3n) is 3.89. The van der Waals surface area contributed by atoms with Crippen molar-refractivity contribution in [2.45, 2.75) is 19.8 Å².